The Morgan fingerprint density at radius 3 is 2.82 bits per heavy atom. The second-order valence-electron chi connectivity index (χ2n) is 4.84. The Morgan fingerprint density at radius 2 is 2.14 bits per heavy atom. The number of sulfone groups is 1. The van der Waals surface area contributed by atoms with Crippen molar-refractivity contribution < 1.29 is 18.3 Å². The van der Waals surface area contributed by atoms with E-state index in [1.807, 2.05) is 0 Å². The Labute approximate surface area is 131 Å². The molecule has 1 aliphatic heterocycles. The highest BCUT2D eigenvalue weighted by Gasteiger charge is 2.40. The van der Waals surface area contributed by atoms with Crippen LogP contribution in [-0.4, -0.2) is 35.9 Å². The fourth-order valence-corrected chi connectivity index (χ4v) is 5.01. The molecule has 2 aromatic rings. The van der Waals surface area contributed by atoms with Crippen molar-refractivity contribution in [1.29, 1.82) is 0 Å². The summed E-state index contributed by atoms with van der Waals surface area (Å²) < 4.78 is 26.8. The van der Waals surface area contributed by atoms with Gasteiger partial charge in [0.25, 0.3) is 0 Å². The molecule has 7 nitrogen and oxygen atoms in total. The number of aromatic nitrogens is 2. The van der Waals surface area contributed by atoms with Crippen LogP contribution >= 0.6 is 11.6 Å². The number of halogens is 1. The summed E-state index contributed by atoms with van der Waals surface area (Å²) in [5.41, 5.74) is 1.33. The summed E-state index contributed by atoms with van der Waals surface area (Å²) in [6.45, 7) is 1.96. The fourth-order valence-electron chi connectivity index (χ4n) is 2.65. The molecule has 0 spiro atoms. The number of fused-ring (bicyclic) bond motifs is 3. The second kappa shape index (κ2) is 4.99. The predicted octanol–water partition coefficient (Wildman–Crippen LogP) is 1.93. The number of rotatable bonds is 3. The van der Waals surface area contributed by atoms with Gasteiger partial charge in [-0.2, -0.15) is 5.10 Å². The minimum absolute atomic E-state index is 0.0899. The van der Waals surface area contributed by atoms with E-state index < -0.39 is 15.9 Å². The molecule has 0 fully saturated rings. The van der Waals surface area contributed by atoms with Gasteiger partial charge in [-0.25, -0.2) is 13.2 Å². The molecule has 0 radical (unpaired) electrons. The van der Waals surface area contributed by atoms with E-state index in [9.17, 15) is 13.2 Å². The Hall–Kier alpha value is -2.06. The zero-order valence-corrected chi connectivity index (χ0v) is 13.1. The summed E-state index contributed by atoms with van der Waals surface area (Å²) in [5.74, 6) is 0. The van der Waals surface area contributed by atoms with Gasteiger partial charge in [-0.1, -0.05) is 23.7 Å². The Kier molecular flexibility index (Phi) is 3.37. The second-order valence-corrected chi connectivity index (χ2v) is 7.07. The standard InChI is InChI=1S/C13H12ClN3O4S/c1-7-11-10(17(16-7)6-5-15-13(18)19)8-3-2-4-9(14)12(8)22(11,20)21/h2-4,15H,5-6H2,1H3,(H,18,19). The van der Waals surface area contributed by atoms with Gasteiger partial charge in [-0.15, -0.1) is 0 Å². The third-order valence-electron chi connectivity index (χ3n) is 3.43. The average Bonchev–Trinajstić information content (AvgIpc) is 2.86. The molecule has 9 heteroatoms. The maximum absolute atomic E-state index is 12.7. The molecule has 0 bridgehead atoms. The third kappa shape index (κ3) is 2.06. The Balaban J connectivity index is 2.15. The predicted molar refractivity (Wildman–Crippen MR) is 78.9 cm³/mol. The van der Waals surface area contributed by atoms with Crippen molar-refractivity contribution in [2.45, 2.75) is 23.3 Å². The van der Waals surface area contributed by atoms with Crippen molar-refractivity contribution in [2.75, 3.05) is 6.54 Å². The van der Waals surface area contributed by atoms with Crippen LogP contribution in [0.25, 0.3) is 11.3 Å². The smallest absolute Gasteiger partial charge is 0.404 e. The number of carbonyl (C=O) groups is 1. The molecule has 2 heterocycles. The minimum Gasteiger partial charge on any atom is -0.465 e. The molecule has 22 heavy (non-hydrogen) atoms. The van der Waals surface area contributed by atoms with Gasteiger partial charge in [0.15, 0.2) is 0 Å². The topological polar surface area (TPSA) is 101 Å². The van der Waals surface area contributed by atoms with Crippen LogP contribution in [-0.2, 0) is 16.4 Å². The molecule has 0 saturated carbocycles. The minimum atomic E-state index is -3.70. The summed E-state index contributed by atoms with van der Waals surface area (Å²) in [5, 5.41) is 15.2. The van der Waals surface area contributed by atoms with Crippen LogP contribution in [0, 0.1) is 6.92 Å². The summed E-state index contributed by atoms with van der Waals surface area (Å²) in [7, 11) is -3.70. The maximum Gasteiger partial charge on any atom is 0.404 e. The first-order valence-corrected chi connectivity index (χ1v) is 8.28. The van der Waals surface area contributed by atoms with Crippen LogP contribution in [0.1, 0.15) is 5.69 Å². The van der Waals surface area contributed by atoms with Crippen molar-refractivity contribution in [3.63, 3.8) is 0 Å². The summed E-state index contributed by atoms with van der Waals surface area (Å²) in [6.07, 6.45) is -1.14. The molecule has 0 atom stereocenters. The highest BCUT2D eigenvalue weighted by Crippen LogP contribution is 2.47. The molecular weight excluding hydrogens is 330 g/mol. The van der Waals surface area contributed by atoms with E-state index in [1.165, 1.54) is 10.7 Å². The molecule has 0 unspecified atom stereocenters. The number of benzene rings is 1. The number of hydrogen-bond acceptors (Lipinski definition) is 4. The molecule has 1 aromatic carbocycles. The van der Waals surface area contributed by atoms with Gasteiger partial charge in [0, 0.05) is 12.1 Å². The lowest BCUT2D eigenvalue weighted by Crippen LogP contribution is -2.25. The maximum atomic E-state index is 12.7. The van der Waals surface area contributed by atoms with Crippen molar-refractivity contribution >= 4 is 27.5 Å². The van der Waals surface area contributed by atoms with Gasteiger partial charge >= 0.3 is 6.09 Å². The van der Waals surface area contributed by atoms with E-state index >= 15 is 0 Å². The monoisotopic (exact) mass is 341 g/mol. The molecule has 1 amide bonds. The van der Waals surface area contributed by atoms with Crippen LogP contribution < -0.4 is 5.32 Å². The van der Waals surface area contributed by atoms with Gasteiger partial charge in [0.05, 0.1) is 27.9 Å². The summed E-state index contributed by atoms with van der Waals surface area (Å²) >= 11 is 6.05. The quantitative estimate of drug-likeness (QED) is 0.758. The molecule has 0 saturated heterocycles. The van der Waals surface area contributed by atoms with Gasteiger partial charge in [0.2, 0.25) is 9.84 Å². The van der Waals surface area contributed by atoms with E-state index in [0.29, 0.717) is 17.0 Å². The molecule has 0 aliphatic carbocycles. The number of amides is 1. The highest BCUT2D eigenvalue weighted by atomic mass is 35.5. The number of nitrogens with zero attached hydrogens (tertiary/aromatic N) is 2. The first kappa shape index (κ1) is 14.9. The first-order chi connectivity index (χ1) is 10.3. The molecule has 2 N–H and O–H groups in total. The Bertz CT molecular complexity index is 889. The largest absolute Gasteiger partial charge is 0.465 e. The van der Waals surface area contributed by atoms with Crippen molar-refractivity contribution in [3.05, 3.63) is 28.9 Å². The van der Waals surface area contributed by atoms with Gasteiger partial charge in [-0.05, 0) is 13.0 Å². The van der Waals surface area contributed by atoms with Crippen molar-refractivity contribution in [3.8, 4) is 11.3 Å². The van der Waals surface area contributed by atoms with Crippen LogP contribution in [0.3, 0.4) is 0 Å². The zero-order valence-electron chi connectivity index (χ0n) is 11.5. The van der Waals surface area contributed by atoms with E-state index in [-0.39, 0.29) is 27.9 Å². The third-order valence-corrected chi connectivity index (χ3v) is 5.86. The van der Waals surface area contributed by atoms with Crippen molar-refractivity contribution in [1.82, 2.24) is 15.1 Å². The van der Waals surface area contributed by atoms with E-state index in [0.717, 1.165) is 0 Å². The molecule has 116 valence electrons. The number of nitrogens with one attached hydrogen (secondary N) is 1. The Morgan fingerprint density at radius 1 is 1.41 bits per heavy atom. The van der Waals surface area contributed by atoms with E-state index in [1.54, 1.807) is 19.1 Å². The molecule has 3 rings (SSSR count). The van der Waals surface area contributed by atoms with Gasteiger partial charge in [0.1, 0.15) is 4.90 Å². The zero-order chi connectivity index (χ0) is 16.1. The van der Waals surface area contributed by atoms with Crippen LogP contribution in [0.4, 0.5) is 4.79 Å². The number of carboxylic acid groups (broad SMARTS) is 1. The normalized spacial score (nSPS) is 14.5. The number of hydrogen-bond donors (Lipinski definition) is 2. The molecular formula is C13H12ClN3O4S. The molecule has 1 aliphatic rings. The average molecular weight is 342 g/mol. The van der Waals surface area contributed by atoms with Gasteiger partial charge < -0.3 is 10.4 Å². The van der Waals surface area contributed by atoms with Crippen molar-refractivity contribution in [2.24, 2.45) is 0 Å². The van der Waals surface area contributed by atoms with Crippen LogP contribution in [0.5, 0.6) is 0 Å². The van der Waals surface area contributed by atoms with E-state index in [2.05, 4.69) is 10.4 Å². The van der Waals surface area contributed by atoms with Crippen LogP contribution in [0.15, 0.2) is 28.0 Å². The lowest BCUT2D eigenvalue weighted by molar-refractivity contribution is 0.194. The lowest BCUT2D eigenvalue weighted by atomic mass is 10.1. The SMILES string of the molecule is Cc1nn(CCNC(=O)O)c2c1S(=O)(=O)c1c(Cl)cccc1-2. The van der Waals surface area contributed by atoms with E-state index in [4.69, 9.17) is 16.7 Å². The highest BCUT2D eigenvalue weighted by molar-refractivity contribution is 7.92. The summed E-state index contributed by atoms with van der Waals surface area (Å²) in [6, 6.07) is 4.88. The molecule has 1 aromatic heterocycles. The summed E-state index contributed by atoms with van der Waals surface area (Å²) in [4.78, 5) is 10.8. The number of aryl methyl sites for hydroxylation is 1. The first-order valence-electron chi connectivity index (χ1n) is 6.42. The lowest BCUT2D eigenvalue weighted by Gasteiger charge is -2.07. The van der Waals surface area contributed by atoms with Crippen LogP contribution in [0.2, 0.25) is 5.02 Å². The fraction of sp³-hybridized carbons (Fsp3) is 0.231. The van der Waals surface area contributed by atoms with Gasteiger partial charge in [-0.3, -0.25) is 4.68 Å².